The van der Waals surface area contributed by atoms with Crippen LogP contribution in [-0.2, 0) is 6.54 Å². The van der Waals surface area contributed by atoms with E-state index in [1.807, 2.05) is 6.92 Å². The Hall–Kier alpha value is -2.50. The maximum atomic E-state index is 13.4. The number of nitrogens with one attached hydrogen (secondary N) is 2. The van der Waals surface area contributed by atoms with E-state index in [-0.39, 0.29) is 24.0 Å². The van der Waals surface area contributed by atoms with Crippen LogP contribution in [0.5, 0.6) is 0 Å². The van der Waals surface area contributed by atoms with Gasteiger partial charge in [-0.05, 0) is 25.1 Å². The third-order valence-corrected chi connectivity index (χ3v) is 2.65. The maximum absolute atomic E-state index is 13.4. The monoisotopic (exact) mass is 274 g/mol. The molecular weight excluding hydrogens is 259 g/mol. The fourth-order valence-corrected chi connectivity index (χ4v) is 1.64. The second-order valence-corrected chi connectivity index (χ2v) is 4.11. The van der Waals surface area contributed by atoms with E-state index in [2.05, 4.69) is 20.8 Å². The van der Waals surface area contributed by atoms with Crippen LogP contribution in [0.15, 0.2) is 36.4 Å². The van der Waals surface area contributed by atoms with Gasteiger partial charge in [0.25, 0.3) is 5.91 Å². The fraction of sp³-hybridized carbons (Fsp3) is 0.214. The highest BCUT2D eigenvalue weighted by atomic mass is 19.1. The number of hydrogen-bond acceptors (Lipinski definition) is 4. The van der Waals surface area contributed by atoms with Gasteiger partial charge in [0.15, 0.2) is 5.69 Å². The van der Waals surface area contributed by atoms with Crippen molar-refractivity contribution >= 4 is 11.7 Å². The first-order chi connectivity index (χ1) is 9.70. The third-order valence-electron chi connectivity index (χ3n) is 2.65. The molecule has 0 bridgehead atoms. The quantitative estimate of drug-likeness (QED) is 0.875. The van der Waals surface area contributed by atoms with Crippen molar-refractivity contribution in [3.8, 4) is 0 Å². The number of carbonyl (C=O) groups is 1. The third kappa shape index (κ3) is 3.50. The molecule has 1 heterocycles. The van der Waals surface area contributed by atoms with Gasteiger partial charge in [0.2, 0.25) is 0 Å². The minimum absolute atomic E-state index is 0.113. The van der Waals surface area contributed by atoms with Crippen molar-refractivity contribution in [3.05, 3.63) is 53.5 Å². The van der Waals surface area contributed by atoms with Crippen molar-refractivity contribution in [1.82, 2.24) is 15.5 Å². The lowest BCUT2D eigenvalue weighted by Crippen LogP contribution is -2.24. The van der Waals surface area contributed by atoms with E-state index < -0.39 is 0 Å². The summed E-state index contributed by atoms with van der Waals surface area (Å²) in [6.07, 6.45) is 0. The van der Waals surface area contributed by atoms with E-state index in [1.54, 1.807) is 30.3 Å². The molecular formula is C14H15FN4O. The van der Waals surface area contributed by atoms with E-state index in [9.17, 15) is 9.18 Å². The topological polar surface area (TPSA) is 66.9 Å². The van der Waals surface area contributed by atoms with Crippen molar-refractivity contribution in [2.75, 3.05) is 11.9 Å². The standard InChI is InChI=1S/C14H15FN4O/c1-2-16-13-8-7-12(18-19-13)14(20)17-9-10-5-3-4-6-11(10)15/h3-8H,2,9H2,1H3,(H,16,19)(H,17,20). The molecule has 1 amide bonds. The molecule has 20 heavy (non-hydrogen) atoms. The van der Waals surface area contributed by atoms with Crippen LogP contribution in [0.25, 0.3) is 0 Å². The molecule has 0 aliphatic rings. The second kappa shape index (κ2) is 6.60. The molecule has 0 saturated heterocycles. The van der Waals surface area contributed by atoms with Gasteiger partial charge in [0, 0.05) is 18.7 Å². The lowest BCUT2D eigenvalue weighted by atomic mass is 10.2. The zero-order valence-corrected chi connectivity index (χ0v) is 11.1. The maximum Gasteiger partial charge on any atom is 0.272 e. The average Bonchev–Trinajstić information content (AvgIpc) is 2.47. The summed E-state index contributed by atoms with van der Waals surface area (Å²) in [5, 5.41) is 13.3. The Kier molecular flexibility index (Phi) is 4.60. The Balaban J connectivity index is 1.96. The van der Waals surface area contributed by atoms with Gasteiger partial charge < -0.3 is 10.6 Å². The van der Waals surface area contributed by atoms with Crippen molar-refractivity contribution < 1.29 is 9.18 Å². The molecule has 0 radical (unpaired) electrons. The van der Waals surface area contributed by atoms with Crippen molar-refractivity contribution in [3.63, 3.8) is 0 Å². The van der Waals surface area contributed by atoms with Crippen molar-refractivity contribution in [1.29, 1.82) is 0 Å². The fourth-order valence-electron chi connectivity index (χ4n) is 1.64. The molecule has 2 N–H and O–H groups in total. The normalized spacial score (nSPS) is 10.1. The van der Waals surface area contributed by atoms with E-state index in [1.165, 1.54) is 6.07 Å². The lowest BCUT2D eigenvalue weighted by Gasteiger charge is -2.06. The zero-order chi connectivity index (χ0) is 14.4. The predicted octanol–water partition coefficient (Wildman–Crippen LogP) is 1.98. The molecule has 0 aliphatic heterocycles. The molecule has 0 fully saturated rings. The largest absolute Gasteiger partial charge is 0.369 e. The van der Waals surface area contributed by atoms with Gasteiger partial charge in [-0.15, -0.1) is 10.2 Å². The molecule has 1 aromatic carbocycles. The number of hydrogen-bond donors (Lipinski definition) is 2. The summed E-state index contributed by atoms with van der Waals surface area (Å²) in [6, 6.07) is 9.54. The Morgan fingerprint density at radius 2 is 2.00 bits per heavy atom. The number of amides is 1. The van der Waals surface area contributed by atoms with Gasteiger partial charge in [0.1, 0.15) is 11.6 Å². The molecule has 1 aromatic heterocycles. The summed E-state index contributed by atoms with van der Waals surface area (Å²) < 4.78 is 13.4. The first-order valence-corrected chi connectivity index (χ1v) is 6.30. The molecule has 0 saturated carbocycles. The summed E-state index contributed by atoms with van der Waals surface area (Å²) in [5.74, 6) is -0.122. The predicted molar refractivity (Wildman–Crippen MR) is 73.8 cm³/mol. The smallest absolute Gasteiger partial charge is 0.272 e. The lowest BCUT2D eigenvalue weighted by molar-refractivity contribution is 0.0944. The number of aromatic nitrogens is 2. The minimum atomic E-state index is -0.385. The van der Waals surface area contributed by atoms with Crippen LogP contribution in [0.4, 0.5) is 10.2 Å². The Morgan fingerprint density at radius 1 is 1.20 bits per heavy atom. The highest BCUT2D eigenvalue weighted by molar-refractivity contribution is 5.92. The number of nitrogens with zero attached hydrogens (tertiary/aromatic N) is 2. The van der Waals surface area contributed by atoms with Crippen molar-refractivity contribution in [2.24, 2.45) is 0 Å². The van der Waals surface area contributed by atoms with Crippen LogP contribution in [0.2, 0.25) is 0 Å². The Morgan fingerprint density at radius 3 is 2.65 bits per heavy atom. The minimum Gasteiger partial charge on any atom is -0.369 e. The summed E-state index contributed by atoms with van der Waals surface area (Å²) >= 11 is 0. The van der Waals surface area contributed by atoms with Gasteiger partial charge in [-0.2, -0.15) is 0 Å². The van der Waals surface area contributed by atoms with Crippen LogP contribution in [0, 0.1) is 5.82 Å². The number of halogens is 1. The summed E-state index contributed by atoms with van der Waals surface area (Å²) in [7, 11) is 0. The molecule has 2 rings (SSSR count). The SMILES string of the molecule is CCNc1ccc(C(=O)NCc2ccccc2F)nn1. The van der Waals surface area contributed by atoms with Gasteiger partial charge in [-0.25, -0.2) is 4.39 Å². The van der Waals surface area contributed by atoms with Crippen LogP contribution < -0.4 is 10.6 Å². The number of anilines is 1. The molecule has 104 valence electrons. The molecule has 5 nitrogen and oxygen atoms in total. The molecule has 0 spiro atoms. The van der Waals surface area contributed by atoms with E-state index in [4.69, 9.17) is 0 Å². The summed E-state index contributed by atoms with van der Waals surface area (Å²) in [5.41, 5.74) is 0.626. The first kappa shape index (κ1) is 13.9. The zero-order valence-electron chi connectivity index (χ0n) is 11.1. The van der Waals surface area contributed by atoms with Gasteiger partial charge in [0.05, 0.1) is 0 Å². The second-order valence-electron chi connectivity index (χ2n) is 4.11. The summed E-state index contributed by atoms with van der Waals surface area (Å²) in [6.45, 7) is 2.78. The van der Waals surface area contributed by atoms with Crippen molar-refractivity contribution in [2.45, 2.75) is 13.5 Å². The molecule has 0 unspecified atom stereocenters. The highest BCUT2D eigenvalue weighted by Gasteiger charge is 2.09. The highest BCUT2D eigenvalue weighted by Crippen LogP contribution is 2.06. The number of rotatable bonds is 5. The van der Waals surface area contributed by atoms with Crippen LogP contribution in [0.1, 0.15) is 23.0 Å². The summed E-state index contributed by atoms with van der Waals surface area (Å²) in [4.78, 5) is 11.8. The molecule has 0 atom stereocenters. The molecule has 6 heteroatoms. The van der Waals surface area contributed by atoms with E-state index >= 15 is 0 Å². The first-order valence-electron chi connectivity index (χ1n) is 6.30. The van der Waals surface area contributed by atoms with Crippen LogP contribution in [-0.4, -0.2) is 22.6 Å². The molecule has 2 aromatic rings. The van der Waals surface area contributed by atoms with Gasteiger partial charge in [-0.1, -0.05) is 18.2 Å². The van der Waals surface area contributed by atoms with E-state index in [0.717, 1.165) is 6.54 Å². The Bertz CT molecular complexity index is 586. The Labute approximate surface area is 116 Å². The van der Waals surface area contributed by atoms with Crippen LogP contribution >= 0.6 is 0 Å². The average molecular weight is 274 g/mol. The van der Waals surface area contributed by atoms with E-state index in [0.29, 0.717) is 11.4 Å². The van der Waals surface area contributed by atoms with Gasteiger partial charge in [-0.3, -0.25) is 4.79 Å². The van der Waals surface area contributed by atoms with Gasteiger partial charge >= 0.3 is 0 Å². The number of benzene rings is 1. The molecule has 0 aliphatic carbocycles. The number of carbonyl (C=O) groups excluding carboxylic acids is 1. The van der Waals surface area contributed by atoms with Crippen LogP contribution in [0.3, 0.4) is 0 Å².